The van der Waals surface area contributed by atoms with Gasteiger partial charge >= 0.3 is 0 Å². The fourth-order valence-electron chi connectivity index (χ4n) is 1.28. The minimum absolute atomic E-state index is 0.407. The SMILES string of the molecule is Nc1cccc(/N=N/c2c(F)cccc2F)c1. The van der Waals surface area contributed by atoms with E-state index in [1.165, 1.54) is 6.07 Å². The van der Waals surface area contributed by atoms with Crippen molar-refractivity contribution in [2.45, 2.75) is 0 Å². The molecule has 0 amide bonds. The van der Waals surface area contributed by atoms with Crippen LogP contribution in [0.1, 0.15) is 0 Å². The molecule has 0 aliphatic rings. The average Bonchev–Trinajstić information content (AvgIpc) is 2.28. The van der Waals surface area contributed by atoms with Gasteiger partial charge in [-0.1, -0.05) is 12.1 Å². The van der Waals surface area contributed by atoms with Crippen LogP contribution >= 0.6 is 0 Å². The lowest BCUT2D eigenvalue weighted by Crippen LogP contribution is -1.82. The normalized spacial score (nSPS) is 10.9. The maximum absolute atomic E-state index is 13.2. The molecule has 0 aliphatic carbocycles. The van der Waals surface area contributed by atoms with Gasteiger partial charge in [-0.25, -0.2) is 8.78 Å². The molecule has 2 rings (SSSR count). The van der Waals surface area contributed by atoms with Crippen molar-refractivity contribution in [1.82, 2.24) is 0 Å². The Bertz CT molecular complexity index is 547. The molecule has 5 heteroatoms. The van der Waals surface area contributed by atoms with E-state index >= 15 is 0 Å². The second-order valence-corrected chi connectivity index (χ2v) is 3.37. The van der Waals surface area contributed by atoms with E-state index in [2.05, 4.69) is 10.2 Å². The fourth-order valence-corrected chi connectivity index (χ4v) is 1.28. The van der Waals surface area contributed by atoms with Gasteiger partial charge in [0.15, 0.2) is 17.3 Å². The van der Waals surface area contributed by atoms with Crippen LogP contribution < -0.4 is 5.73 Å². The molecule has 0 saturated heterocycles. The Hall–Kier alpha value is -2.30. The van der Waals surface area contributed by atoms with Crippen LogP contribution in [0, 0.1) is 11.6 Å². The maximum atomic E-state index is 13.2. The molecule has 3 nitrogen and oxygen atoms in total. The van der Waals surface area contributed by atoms with Gasteiger partial charge in [0.05, 0.1) is 5.69 Å². The summed E-state index contributed by atoms with van der Waals surface area (Å²) in [5, 5.41) is 7.26. The Kier molecular flexibility index (Phi) is 3.09. The second-order valence-electron chi connectivity index (χ2n) is 3.37. The number of azo groups is 1. The highest BCUT2D eigenvalue weighted by Crippen LogP contribution is 2.24. The molecule has 2 aromatic rings. The Morgan fingerprint density at radius 1 is 0.882 bits per heavy atom. The molecule has 0 aliphatic heterocycles. The van der Waals surface area contributed by atoms with Crippen molar-refractivity contribution in [3.63, 3.8) is 0 Å². The van der Waals surface area contributed by atoms with Crippen molar-refractivity contribution in [3.05, 3.63) is 54.1 Å². The van der Waals surface area contributed by atoms with Gasteiger partial charge in [-0.15, -0.1) is 5.11 Å². The van der Waals surface area contributed by atoms with E-state index in [1.54, 1.807) is 24.3 Å². The van der Waals surface area contributed by atoms with Crippen molar-refractivity contribution in [1.29, 1.82) is 0 Å². The van der Waals surface area contributed by atoms with E-state index in [0.29, 0.717) is 11.4 Å². The van der Waals surface area contributed by atoms with Crippen molar-refractivity contribution in [3.8, 4) is 0 Å². The van der Waals surface area contributed by atoms with Gasteiger partial charge in [0.1, 0.15) is 0 Å². The topological polar surface area (TPSA) is 50.7 Å². The number of nitrogens with two attached hydrogens (primary N) is 1. The van der Waals surface area contributed by atoms with Gasteiger partial charge in [-0.3, -0.25) is 0 Å². The van der Waals surface area contributed by atoms with E-state index in [9.17, 15) is 8.78 Å². The van der Waals surface area contributed by atoms with E-state index in [1.807, 2.05) is 0 Å². The van der Waals surface area contributed by atoms with Crippen molar-refractivity contribution in [2.24, 2.45) is 10.2 Å². The number of nitrogens with zero attached hydrogens (tertiary/aromatic N) is 2. The van der Waals surface area contributed by atoms with Gasteiger partial charge in [0.2, 0.25) is 0 Å². The minimum atomic E-state index is -0.752. The predicted molar refractivity (Wildman–Crippen MR) is 61.4 cm³/mol. The third-order valence-electron chi connectivity index (χ3n) is 2.07. The number of halogens is 2. The van der Waals surface area contributed by atoms with Crippen LogP contribution in [-0.4, -0.2) is 0 Å². The lowest BCUT2D eigenvalue weighted by atomic mass is 10.3. The molecule has 0 aromatic heterocycles. The zero-order chi connectivity index (χ0) is 12.3. The molecule has 0 bridgehead atoms. The van der Waals surface area contributed by atoms with E-state index in [-0.39, 0.29) is 0 Å². The zero-order valence-corrected chi connectivity index (χ0v) is 8.77. The molecular formula is C12H9F2N3. The third kappa shape index (κ3) is 2.63. The highest BCUT2D eigenvalue weighted by atomic mass is 19.1. The summed E-state index contributed by atoms with van der Waals surface area (Å²) in [6, 6.07) is 10.1. The number of anilines is 1. The molecule has 0 radical (unpaired) electrons. The van der Waals surface area contributed by atoms with Gasteiger partial charge in [-0.2, -0.15) is 5.11 Å². The molecule has 0 atom stereocenters. The van der Waals surface area contributed by atoms with Crippen LogP contribution in [0.25, 0.3) is 0 Å². The molecule has 17 heavy (non-hydrogen) atoms. The average molecular weight is 233 g/mol. The molecule has 2 N–H and O–H groups in total. The summed E-state index contributed by atoms with van der Waals surface area (Å²) in [4.78, 5) is 0. The van der Waals surface area contributed by atoms with Crippen LogP contribution in [-0.2, 0) is 0 Å². The van der Waals surface area contributed by atoms with Gasteiger partial charge in [0.25, 0.3) is 0 Å². The first-order valence-electron chi connectivity index (χ1n) is 4.88. The summed E-state index contributed by atoms with van der Waals surface area (Å²) in [5.41, 5.74) is 6.08. The minimum Gasteiger partial charge on any atom is -0.399 e. The first-order valence-corrected chi connectivity index (χ1v) is 4.88. The lowest BCUT2D eigenvalue weighted by Gasteiger charge is -1.97. The highest BCUT2D eigenvalue weighted by Gasteiger charge is 2.06. The van der Waals surface area contributed by atoms with E-state index in [4.69, 9.17) is 5.73 Å². The smallest absolute Gasteiger partial charge is 0.157 e. The summed E-state index contributed by atoms with van der Waals surface area (Å²) in [6.07, 6.45) is 0. The molecule has 2 aromatic carbocycles. The van der Waals surface area contributed by atoms with Gasteiger partial charge in [-0.05, 0) is 30.3 Å². The Balaban J connectivity index is 2.32. The summed E-state index contributed by atoms with van der Waals surface area (Å²) in [5.74, 6) is -1.50. The number of hydrogen-bond donors (Lipinski definition) is 1. The second kappa shape index (κ2) is 4.69. The van der Waals surface area contributed by atoms with Crippen LogP contribution in [0.4, 0.5) is 25.8 Å². The molecular weight excluding hydrogens is 224 g/mol. The highest BCUT2D eigenvalue weighted by molar-refractivity contribution is 5.50. The maximum Gasteiger partial charge on any atom is 0.157 e. The molecule has 86 valence electrons. The molecule has 0 fully saturated rings. The Labute approximate surface area is 96.6 Å². The first-order chi connectivity index (χ1) is 8.16. The Morgan fingerprint density at radius 2 is 1.53 bits per heavy atom. The molecule has 0 unspecified atom stereocenters. The summed E-state index contributed by atoms with van der Waals surface area (Å²) >= 11 is 0. The summed E-state index contributed by atoms with van der Waals surface area (Å²) in [7, 11) is 0. The van der Waals surface area contributed by atoms with Crippen molar-refractivity contribution in [2.75, 3.05) is 5.73 Å². The number of benzene rings is 2. The van der Waals surface area contributed by atoms with E-state index in [0.717, 1.165) is 12.1 Å². The number of hydrogen-bond acceptors (Lipinski definition) is 3. The number of rotatable bonds is 2. The molecule has 0 spiro atoms. The quantitative estimate of drug-likeness (QED) is 0.619. The van der Waals surface area contributed by atoms with Gasteiger partial charge < -0.3 is 5.73 Å². The summed E-state index contributed by atoms with van der Waals surface area (Å²) < 4.78 is 26.4. The largest absolute Gasteiger partial charge is 0.399 e. The standard InChI is InChI=1S/C12H9F2N3/c13-10-5-2-6-11(14)12(10)17-16-9-4-1-3-8(15)7-9/h1-7H,15H2/b17-16+. The van der Waals surface area contributed by atoms with Gasteiger partial charge in [0, 0.05) is 5.69 Å². The monoisotopic (exact) mass is 233 g/mol. The van der Waals surface area contributed by atoms with E-state index < -0.39 is 17.3 Å². The van der Waals surface area contributed by atoms with Crippen molar-refractivity contribution >= 4 is 17.1 Å². The summed E-state index contributed by atoms with van der Waals surface area (Å²) in [6.45, 7) is 0. The van der Waals surface area contributed by atoms with Crippen LogP contribution in [0.2, 0.25) is 0 Å². The molecule has 0 saturated carbocycles. The lowest BCUT2D eigenvalue weighted by molar-refractivity contribution is 0.585. The molecule has 0 heterocycles. The first kappa shape index (κ1) is 11.2. The predicted octanol–water partition coefficient (Wildman–Crippen LogP) is 3.96. The fraction of sp³-hybridized carbons (Fsp3) is 0. The van der Waals surface area contributed by atoms with Crippen LogP contribution in [0.15, 0.2) is 52.7 Å². The number of nitrogen functional groups attached to an aromatic ring is 1. The van der Waals surface area contributed by atoms with Crippen LogP contribution in [0.5, 0.6) is 0 Å². The Morgan fingerprint density at radius 3 is 2.18 bits per heavy atom. The third-order valence-corrected chi connectivity index (χ3v) is 2.07. The van der Waals surface area contributed by atoms with Crippen LogP contribution in [0.3, 0.4) is 0 Å². The van der Waals surface area contributed by atoms with Crippen molar-refractivity contribution < 1.29 is 8.78 Å². The zero-order valence-electron chi connectivity index (χ0n) is 8.77.